The number of benzene rings is 2. The van der Waals surface area contributed by atoms with Gasteiger partial charge in [-0.2, -0.15) is 0 Å². The number of rotatable bonds is 2. The standard InChI is InChI=1S/C15H15IO/c16-10-14-7-8-15(17-14)13-6-5-11-3-1-2-4-12(11)9-13/h1-6,9,14-15H,7-8,10H2/t14-,15-/m1/s1. The molecule has 0 unspecified atom stereocenters. The lowest BCUT2D eigenvalue weighted by molar-refractivity contribution is 0.0598. The van der Waals surface area contributed by atoms with Crippen LogP contribution in [0.4, 0.5) is 0 Å². The normalized spacial score (nSPS) is 24.3. The van der Waals surface area contributed by atoms with Crippen LogP contribution in [0.2, 0.25) is 0 Å². The van der Waals surface area contributed by atoms with Gasteiger partial charge < -0.3 is 4.74 Å². The first-order valence-electron chi connectivity index (χ1n) is 6.07. The highest BCUT2D eigenvalue weighted by Crippen LogP contribution is 2.34. The molecule has 2 atom stereocenters. The maximum absolute atomic E-state index is 6.04. The van der Waals surface area contributed by atoms with Crippen molar-refractivity contribution >= 4 is 33.4 Å². The molecular weight excluding hydrogens is 323 g/mol. The average molecular weight is 338 g/mol. The second-order valence-corrected chi connectivity index (χ2v) is 5.47. The molecule has 0 aromatic heterocycles. The van der Waals surface area contributed by atoms with Crippen molar-refractivity contribution in [1.29, 1.82) is 0 Å². The molecule has 2 aromatic rings. The number of hydrogen-bond acceptors (Lipinski definition) is 1. The van der Waals surface area contributed by atoms with Crippen LogP contribution in [0, 0.1) is 0 Å². The van der Waals surface area contributed by atoms with Gasteiger partial charge in [0.05, 0.1) is 12.2 Å². The Kier molecular flexibility index (Phi) is 3.34. The van der Waals surface area contributed by atoms with E-state index < -0.39 is 0 Å². The van der Waals surface area contributed by atoms with Crippen LogP contribution in [-0.2, 0) is 4.74 Å². The number of hydrogen-bond donors (Lipinski definition) is 0. The van der Waals surface area contributed by atoms with Crippen LogP contribution in [0.5, 0.6) is 0 Å². The molecule has 1 heterocycles. The van der Waals surface area contributed by atoms with Crippen LogP contribution in [0.25, 0.3) is 10.8 Å². The molecule has 0 bridgehead atoms. The molecule has 0 amide bonds. The number of ether oxygens (including phenoxy) is 1. The van der Waals surface area contributed by atoms with Gasteiger partial charge in [-0.25, -0.2) is 0 Å². The summed E-state index contributed by atoms with van der Waals surface area (Å²) in [7, 11) is 0. The highest BCUT2D eigenvalue weighted by atomic mass is 127. The fourth-order valence-corrected chi connectivity index (χ4v) is 3.12. The van der Waals surface area contributed by atoms with Crippen molar-refractivity contribution in [3.63, 3.8) is 0 Å². The summed E-state index contributed by atoms with van der Waals surface area (Å²) >= 11 is 2.41. The van der Waals surface area contributed by atoms with E-state index in [1.54, 1.807) is 0 Å². The van der Waals surface area contributed by atoms with Gasteiger partial charge in [-0.05, 0) is 35.2 Å². The van der Waals surface area contributed by atoms with Gasteiger partial charge in [-0.3, -0.25) is 0 Å². The molecule has 2 heteroatoms. The summed E-state index contributed by atoms with van der Waals surface area (Å²) < 4.78 is 7.14. The Morgan fingerprint density at radius 2 is 1.88 bits per heavy atom. The molecular formula is C15H15IO. The SMILES string of the molecule is IC[C@H]1CC[C@H](c2ccc3ccccc3c2)O1. The number of fused-ring (bicyclic) bond motifs is 1. The molecule has 1 saturated heterocycles. The molecule has 0 spiro atoms. The average Bonchev–Trinajstić information content (AvgIpc) is 2.87. The predicted octanol–water partition coefficient (Wildman–Crippen LogP) is 4.49. The zero-order valence-corrected chi connectivity index (χ0v) is 11.8. The van der Waals surface area contributed by atoms with E-state index in [1.165, 1.54) is 22.8 Å². The molecule has 1 aliphatic heterocycles. The minimum Gasteiger partial charge on any atom is -0.370 e. The molecule has 3 rings (SSSR count). The van der Waals surface area contributed by atoms with Crippen LogP contribution >= 0.6 is 22.6 Å². The maximum atomic E-state index is 6.04. The molecule has 0 saturated carbocycles. The molecule has 0 radical (unpaired) electrons. The molecule has 1 aliphatic rings. The van der Waals surface area contributed by atoms with Crippen LogP contribution in [0.1, 0.15) is 24.5 Å². The lowest BCUT2D eigenvalue weighted by atomic mass is 10.0. The lowest BCUT2D eigenvalue weighted by Gasteiger charge is -2.13. The van der Waals surface area contributed by atoms with Crippen molar-refractivity contribution < 1.29 is 4.74 Å². The van der Waals surface area contributed by atoms with Gasteiger partial charge in [-0.15, -0.1) is 0 Å². The van der Waals surface area contributed by atoms with E-state index in [-0.39, 0.29) is 0 Å². The van der Waals surface area contributed by atoms with Crippen LogP contribution < -0.4 is 0 Å². The van der Waals surface area contributed by atoms with Crippen molar-refractivity contribution in [2.45, 2.75) is 25.0 Å². The first-order valence-corrected chi connectivity index (χ1v) is 7.59. The van der Waals surface area contributed by atoms with Crippen LogP contribution in [0.3, 0.4) is 0 Å². The van der Waals surface area contributed by atoms with Crippen molar-refractivity contribution in [2.75, 3.05) is 4.43 Å². The molecule has 17 heavy (non-hydrogen) atoms. The van der Waals surface area contributed by atoms with Gasteiger partial charge in [0.15, 0.2) is 0 Å². The van der Waals surface area contributed by atoms with Gasteiger partial charge in [0.25, 0.3) is 0 Å². The Morgan fingerprint density at radius 1 is 1.06 bits per heavy atom. The largest absolute Gasteiger partial charge is 0.370 e. The maximum Gasteiger partial charge on any atom is 0.0830 e. The Balaban J connectivity index is 1.91. The second kappa shape index (κ2) is 4.94. The smallest absolute Gasteiger partial charge is 0.0830 e. The summed E-state index contributed by atoms with van der Waals surface area (Å²) in [6.45, 7) is 0. The third kappa shape index (κ3) is 2.33. The quantitative estimate of drug-likeness (QED) is 0.579. The fraction of sp³-hybridized carbons (Fsp3) is 0.333. The topological polar surface area (TPSA) is 9.23 Å². The summed E-state index contributed by atoms with van der Waals surface area (Å²) in [4.78, 5) is 0. The Labute approximate surface area is 115 Å². The monoisotopic (exact) mass is 338 g/mol. The predicted molar refractivity (Wildman–Crippen MR) is 79.7 cm³/mol. The zero-order chi connectivity index (χ0) is 11.7. The first kappa shape index (κ1) is 11.5. The van der Waals surface area contributed by atoms with E-state index in [4.69, 9.17) is 4.74 Å². The first-order chi connectivity index (χ1) is 8.36. The minimum atomic E-state index is 0.305. The van der Waals surface area contributed by atoms with E-state index in [9.17, 15) is 0 Å². The van der Waals surface area contributed by atoms with Crippen molar-refractivity contribution in [2.24, 2.45) is 0 Å². The Bertz CT molecular complexity index is 523. The summed E-state index contributed by atoms with van der Waals surface area (Å²) in [6, 6.07) is 15.2. The van der Waals surface area contributed by atoms with Crippen molar-refractivity contribution in [3.8, 4) is 0 Å². The second-order valence-electron chi connectivity index (χ2n) is 4.58. The molecule has 2 aromatic carbocycles. The number of halogens is 1. The molecule has 88 valence electrons. The van der Waals surface area contributed by atoms with Crippen molar-refractivity contribution in [3.05, 3.63) is 48.0 Å². The lowest BCUT2D eigenvalue weighted by Crippen LogP contribution is -2.07. The van der Waals surface area contributed by atoms with E-state index in [0.29, 0.717) is 12.2 Å². The highest BCUT2D eigenvalue weighted by Gasteiger charge is 2.25. The Morgan fingerprint density at radius 3 is 2.65 bits per heavy atom. The third-order valence-electron chi connectivity index (χ3n) is 3.42. The molecule has 1 fully saturated rings. The van der Waals surface area contributed by atoms with Gasteiger partial charge in [0.1, 0.15) is 0 Å². The van der Waals surface area contributed by atoms with E-state index in [0.717, 1.165) is 10.8 Å². The van der Waals surface area contributed by atoms with Crippen LogP contribution in [-0.4, -0.2) is 10.5 Å². The molecule has 0 aliphatic carbocycles. The summed E-state index contributed by atoms with van der Waals surface area (Å²) in [5.74, 6) is 0. The van der Waals surface area contributed by atoms with Crippen LogP contribution in [0.15, 0.2) is 42.5 Å². The van der Waals surface area contributed by atoms with E-state index in [1.807, 2.05) is 0 Å². The Hall–Kier alpha value is -0.610. The van der Waals surface area contributed by atoms with Crippen molar-refractivity contribution in [1.82, 2.24) is 0 Å². The summed E-state index contributed by atoms with van der Waals surface area (Å²) in [5, 5.41) is 2.62. The summed E-state index contributed by atoms with van der Waals surface area (Å²) in [5.41, 5.74) is 1.33. The third-order valence-corrected chi connectivity index (χ3v) is 4.41. The van der Waals surface area contributed by atoms with Gasteiger partial charge in [0.2, 0.25) is 0 Å². The van der Waals surface area contributed by atoms with Gasteiger partial charge in [0, 0.05) is 4.43 Å². The zero-order valence-electron chi connectivity index (χ0n) is 9.60. The summed E-state index contributed by atoms with van der Waals surface area (Å²) in [6.07, 6.45) is 3.11. The van der Waals surface area contributed by atoms with E-state index in [2.05, 4.69) is 65.1 Å². The highest BCUT2D eigenvalue weighted by molar-refractivity contribution is 14.1. The number of alkyl halides is 1. The molecule has 0 N–H and O–H groups in total. The fourth-order valence-electron chi connectivity index (χ4n) is 2.47. The van der Waals surface area contributed by atoms with E-state index >= 15 is 0 Å². The van der Waals surface area contributed by atoms with Gasteiger partial charge in [-0.1, -0.05) is 59.0 Å². The minimum absolute atomic E-state index is 0.305. The molecule has 1 nitrogen and oxygen atoms in total. The van der Waals surface area contributed by atoms with Gasteiger partial charge >= 0.3 is 0 Å².